The quantitative estimate of drug-likeness (QED) is 0.747. The molecule has 0 bridgehead atoms. The second-order valence-corrected chi connectivity index (χ2v) is 7.27. The standard InChI is InChI=1S/C21H26FN5O2/c1-15-5-6-17(12-18(15)22)25-21(29)20(28)24-14-19(16-4-3-7-23-13-16)27-10-8-26(2)9-11-27/h3-7,12-13,19H,8-11,14H2,1-2H3,(H,24,28)(H,25,29). The van der Waals surface area contributed by atoms with Gasteiger partial charge in [0.2, 0.25) is 0 Å². The van der Waals surface area contributed by atoms with E-state index < -0.39 is 17.6 Å². The Morgan fingerprint density at radius 1 is 1.17 bits per heavy atom. The minimum Gasteiger partial charge on any atom is -0.346 e. The van der Waals surface area contributed by atoms with E-state index in [9.17, 15) is 14.0 Å². The maximum Gasteiger partial charge on any atom is 0.313 e. The van der Waals surface area contributed by atoms with Crippen molar-refractivity contribution in [2.45, 2.75) is 13.0 Å². The number of nitrogens with one attached hydrogen (secondary N) is 2. The molecule has 1 fully saturated rings. The highest BCUT2D eigenvalue weighted by Gasteiger charge is 2.25. The average Bonchev–Trinajstić information content (AvgIpc) is 2.72. The zero-order chi connectivity index (χ0) is 20.8. The van der Waals surface area contributed by atoms with Crippen molar-refractivity contribution in [1.82, 2.24) is 20.1 Å². The van der Waals surface area contributed by atoms with Crippen molar-refractivity contribution in [2.24, 2.45) is 0 Å². The van der Waals surface area contributed by atoms with E-state index in [-0.39, 0.29) is 18.3 Å². The third-order valence-electron chi connectivity index (χ3n) is 5.14. The predicted octanol–water partition coefficient (Wildman–Crippen LogP) is 1.57. The number of halogens is 1. The van der Waals surface area contributed by atoms with Crippen LogP contribution in [0.5, 0.6) is 0 Å². The normalized spacial score (nSPS) is 16.2. The number of benzene rings is 1. The number of likely N-dealkylation sites (N-methyl/N-ethyl adjacent to an activating group) is 1. The number of aryl methyl sites for hydroxylation is 1. The highest BCUT2D eigenvalue weighted by Crippen LogP contribution is 2.21. The van der Waals surface area contributed by atoms with Crippen molar-refractivity contribution in [3.63, 3.8) is 0 Å². The van der Waals surface area contributed by atoms with Crippen LogP contribution in [-0.2, 0) is 9.59 Å². The van der Waals surface area contributed by atoms with Crippen LogP contribution in [0.25, 0.3) is 0 Å². The Balaban J connectivity index is 1.62. The number of rotatable bonds is 5. The number of amides is 2. The Labute approximate surface area is 169 Å². The van der Waals surface area contributed by atoms with Crippen molar-refractivity contribution in [2.75, 3.05) is 45.1 Å². The first kappa shape index (κ1) is 20.9. The van der Waals surface area contributed by atoms with Gasteiger partial charge in [0.25, 0.3) is 0 Å². The largest absolute Gasteiger partial charge is 0.346 e. The van der Waals surface area contributed by atoms with Gasteiger partial charge in [-0.25, -0.2) is 4.39 Å². The molecule has 2 heterocycles. The third-order valence-corrected chi connectivity index (χ3v) is 5.14. The van der Waals surface area contributed by atoms with Crippen LogP contribution in [0, 0.1) is 12.7 Å². The van der Waals surface area contributed by atoms with Crippen LogP contribution in [0.2, 0.25) is 0 Å². The molecule has 8 heteroatoms. The van der Waals surface area contributed by atoms with Gasteiger partial charge in [-0.2, -0.15) is 0 Å². The van der Waals surface area contributed by atoms with Crippen molar-refractivity contribution in [3.05, 3.63) is 59.7 Å². The van der Waals surface area contributed by atoms with Crippen LogP contribution in [0.1, 0.15) is 17.2 Å². The van der Waals surface area contributed by atoms with Gasteiger partial charge in [-0.15, -0.1) is 0 Å². The molecule has 1 aromatic carbocycles. The van der Waals surface area contributed by atoms with E-state index in [0.29, 0.717) is 5.56 Å². The summed E-state index contributed by atoms with van der Waals surface area (Å²) in [6.07, 6.45) is 3.49. The molecule has 1 saturated heterocycles. The Kier molecular flexibility index (Phi) is 6.90. The van der Waals surface area contributed by atoms with E-state index in [1.165, 1.54) is 6.07 Å². The van der Waals surface area contributed by atoms with Crippen molar-refractivity contribution < 1.29 is 14.0 Å². The fourth-order valence-electron chi connectivity index (χ4n) is 3.29. The van der Waals surface area contributed by atoms with Gasteiger partial charge < -0.3 is 15.5 Å². The molecule has 1 aliphatic rings. The van der Waals surface area contributed by atoms with Gasteiger partial charge in [-0.05, 0) is 43.3 Å². The SMILES string of the molecule is Cc1ccc(NC(=O)C(=O)NCC(c2cccnc2)N2CCN(C)CC2)cc1F. The smallest absolute Gasteiger partial charge is 0.313 e. The van der Waals surface area contributed by atoms with Gasteiger partial charge in [0.1, 0.15) is 5.82 Å². The lowest BCUT2D eigenvalue weighted by Crippen LogP contribution is -2.49. The summed E-state index contributed by atoms with van der Waals surface area (Å²) in [5, 5.41) is 5.14. The highest BCUT2D eigenvalue weighted by atomic mass is 19.1. The number of nitrogens with zero attached hydrogens (tertiary/aromatic N) is 3. The molecule has 2 amide bonds. The summed E-state index contributed by atoms with van der Waals surface area (Å²) in [5.74, 6) is -2.01. The van der Waals surface area contributed by atoms with Gasteiger partial charge in [-0.3, -0.25) is 19.5 Å². The molecule has 7 nitrogen and oxygen atoms in total. The minimum atomic E-state index is -0.823. The van der Waals surface area contributed by atoms with E-state index in [1.54, 1.807) is 31.5 Å². The summed E-state index contributed by atoms with van der Waals surface area (Å²) in [7, 11) is 2.08. The second-order valence-electron chi connectivity index (χ2n) is 7.27. The van der Waals surface area contributed by atoms with Gasteiger partial charge in [0, 0.05) is 50.8 Å². The summed E-state index contributed by atoms with van der Waals surface area (Å²) in [6.45, 7) is 5.50. The Bertz CT molecular complexity index is 853. The first-order valence-corrected chi connectivity index (χ1v) is 9.62. The summed E-state index contributed by atoms with van der Waals surface area (Å²) >= 11 is 0. The third kappa shape index (κ3) is 5.58. The summed E-state index contributed by atoms with van der Waals surface area (Å²) in [4.78, 5) is 33.2. The Morgan fingerprint density at radius 3 is 2.59 bits per heavy atom. The number of carbonyl (C=O) groups is 2. The Morgan fingerprint density at radius 2 is 1.93 bits per heavy atom. The van der Waals surface area contributed by atoms with Gasteiger partial charge in [0.05, 0.1) is 6.04 Å². The Hall–Kier alpha value is -2.84. The molecular formula is C21H26FN5O2. The molecule has 3 rings (SSSR count). The summed E-state index contributed by atoms with van der Waals surface area (Å²) in [5.41, 5.74) is 1.70. The summed E-state index contributed by atoms with van der Waals surface area (Å²) in [6, 6.07) is 8.06. The molecule has 0 spiro atoms. The van der Waals surface area contributed by atoms with Crippen LogP contribution in [0.4, 0.5) is 10.1 Å². The molecule has 1 aromatic heterocycles. The molecule has 0 saturated carbocycles. The lowest BCUT2D eigenvalue weighted by molar-refractivity contribution is -0.136. The lowest BCUT2D eigenvalue weighted by atomic mass is 10.1. The van der Waals surface area contributed by atoms with Crippen molar-refractivity contribution >= 4 is 17.5 Å². The number of hydrogen-bond acceptors (Lipinski definition) is 5. The second kappa shape index (κ2) is 9.58. The number of carbonyl (C=O) groups excluding carboxylic acids is 2. The maximum atomic E-state index is 13.6. The zero-order valence-corrected chi connectivity index (χ0v) is 16.7. The molecule has 1 atom stereocenters. The molecular weight excluding hydrogens is 373 g/mol. The molecule has 2 aromatic rings. The minimum absolute atomic E-state index is 0.0778. The van der Waals surface area contributed by atoms with E-state index in [2.05, 4.69) is 32.5 Å². The first-order valence-electron chi connectivity index (χ1n) is 9.62. The monoisotopic (exact) mass is 399 g/mol. The topological polar surface area (TPSA) is 77.6 Å². The molecule has 0 aliphatic carbocycles. The van der Waals surface area contributed by atoms with Crippen LogP contribution in [-0.4, -0.2) is 66.4 Å². The number of hydrogen-bond donors (Lipinski definition) is 2. The van der Waals surface area contributed by atoms with Gasteiger partial charge in [-0.1, -0.05) is 12.1 Å². The zero-order valence-electron chi connectivity index (χ0n) is 16.7. The highest BCUT2D eigenvalue weighted by molar-refractivity contribution is 6.39. The number of pyridine rings is 1. The maximum absolute atomic E-state index is 13.6. The molecule has 0 radical (unpaired) electrons. The van der Waals surface area contributed by atoms with Crippen molar-refractivity contribution in [3.8, 4) is 0 Å². The first-order chi connectivity index (χ1) is 13.9. The van der Waals surface area contributed by atoms with Crippen LogP contribution < -0.4 is 10.6 Å². The molecule has 29 heavy (non-hydrogen) atoms. The molecule has 2 N–H and O–H groups in total. The number of aromatic nitrogens is 1. The van der Waals surface area contributed by atoms with Crippen LogP contribution in [0.3, 0.4) is 0 Å². The van der Waals surface area contributed by atoms with E-state index in [0.717, 1.165) is 31.7 Å². The van der Waals surface area contributed by atoms with Gasteiger partial charge in [0.15, 0.2) is 0 Å². The molecule has 1 aliphatic heterocycles. The number of anilines is 1. The van der Waals surface area contributed by atoms with E-state index in [4.69, 9.17) is 0 Å². The van der Waals surface area contributed by atoms with E-state index >= 15 is 0 Å². The van der Waals surface area contributed by atoms with E-state index in [1.807, 2.05) is 12.1 Å². The molecule has 1 unspecified atom stereocenters. The van der Waals surface area contributed by atoms with Crippen molar-refractivity contribution in [1.29, 1.82) is 0 Å². The fraction of sp³-hybridized carbons (Fsp3) is 0.381. The summed E-state index contributed by atoms with van der Waals surface area (Å²) < 4.78 is 13.6. The average molecular weight is 399 g/mol. The molecule has 154 valence electrons. The van der Waals surface area contributed by atoms with Crippen LogP contribution >= 0.6 is 0 Å². The predicted molar refractivity (Wildman–Crippen MR) is 109 cm³/mol. The number of piperazine rings is 1. The van der Waals surface area contributed by atoms with Crippen LogP contribution in [0.15, 0.2) is 42.7 Å². The fourth-order valence-corrected chi connectivity index (χ4v) is 3.29. The van der Waals surface area contributed by atoms with Gasteiger partial charge >= 0.3 is 11.8 Å². The lowest BCUT2D eigenvalue weighted by Gasteiger charge is -2.38.